The van der Waals surface area contributed by atoms with Crippen molar-refractivity contribution < 1.29 is 0 Å². The lowest BCUT2D eigenvalue weighted by Gasteiger charge is -2.44. The van der Waals surface area contributed by atoms with E-state index in [0.717, 1.165) is 37.0 Å². The Kier molecular flexibility index (Phi) is 4.12. The van der Waals surface area contributed by atoms with Crippen LogP contribution < -0.4 is 4.90 Å². The van der Waals surface area contributed by atoms with E-state index in [1.807, 2.05) is 13.8 Å². The quantitative estimate of drug-likeness (QED) is 0.868. The molecule has 0 amide bonds. The summed E-state index contributed by atoms with van der Waals surface area (Å²) in [5.41, 5.74) is 3.73. The third kappa shape index (κ3) is 3.28. The minimum Gasteiger partial charge on any atom is -0.353 e. The van der Waals surface area contributed by atoms with Crippen LogP contribution in [0.15, 0.2) is 30.3 Å². The van der Waals surface area contributed by atoms with Gasteiger partial charge in [0.2, 0.25) is 0 Å². The highest BCUT2D eigenvalue weighted by Gasteiger charge is 2.31. The molecule has 0 bridgehead atoms. The van der Waals surface area contributed by atoms with Gasteiger partial charge in [-0.15, -0.1) is 0 Å². The lowest BCUT2D eigenvalue weighted by molar-refractivity contribution is 0.196. The molecule has 1 aromatic carbocycles. The van der Waals surface area contributed by atoms with Crippen molar-refractivity contribution in [3.05, 3.63) is 53.0 Å². The maximum Gasteiger partial charge on any atom is 0.132 e. The topological polar surface area (TPSA) is 32.3 Å². The lowest BCUT2D eigenvalue weighted by atomic mass is 10.1. The molecule has 0 atom stereocenters. The zero-order valence-corrected chi connectivity index (χ0v) is 13.9. The van der Waals surface area contributed by atoms with Gasteiger partial charge in [0.15, 0.2) is 0 Å². The SMILES string of the molecule is Cc1ccc(CN(C)C2CN(c3cc(C)nc(C)n3)C2)cc1. The summed E-state index contributed by atoms with van der Waals surface area (Å²) in [6.07, 6.45) is 0. The molecule has 0 spiro atoms. The molecule has 4 heteroatoms. The van der Waals surface area contributed by atoms with Crippen molar-refractivity contribution in [2.75, 3.05) is 25.0 Å². The summed E-state index contributed by atoms with van der Waals surface area (Å²) in [6.45, 7) is 9.19. The number of hydrogen-bond acceptors (Lipinski definition) is 4. The highest BCUT2D eigenvalue weighted by molar-refractivity contribution is 5.43. The Morgan fingerprint density at radius 2 is 1.77 bits per heavy atom. The van der Waals surface area contributed by atoms with Crippen molar-refractivity contribution in [1.29, 1.82) is 0 Å². The number of likely N-dealkylation sites (N-methyl/N-ethyl adjacent to an activating group) is 1. The minimum absolute atomic E-state index is 0.594. The molecule has 0 N–H and O–H groups in total. The molecule has 1 aromatic heterocycles. The zero-order valence-electron chi connectivity index (χ0n) is 13.9. The summed E-state index contributed by atoms with van der Waals surface area (Å²) in [5, 5.41) is 0. The van der Waals surface area contributed by atoms with Crippen molar-refractivity contribution >= 4 is 5.82 Å². The van der Waals surface area contributed by atoms with E-state index in [0.29, 0.717) is 6.04 Å². The highest BCUT2D eigenvalue weighted by Crippen LogP contribution is 2.23. The summed E-state index contributed by atoms with van der Waals surface area (Å²) < 4.78 is 0. The van der Waals surface area contributed by atoms with E-state index < -0.39 is 0 Å². The zero-order chi connectivity index (χ0) is 15.7. The van der Waals surface area contributed by atoms with Gasteiger partial charge in [-0.2, -0.15) is 0 Å². The number of nitrogens with zero attached hydrogens (tertiary/aromatic N) is 4. The number of aryl methyl sites for hydroxylation is 3. The van der Waals surface area contributed by atoms with Crippen LogP contribution in [0.2, 0.25) is 0 Å². The Bertz CT molecular complexity index is 624. The van der Waals surface area contributed by atoms with Crippen molar-refractivity contribution in [3.63, 3.8) is 0 Å². The smallest absolute Gasteiger partial charge is 0.132 e. The lowest BCUT2D eigenvalue weighted by Crippen LogP contribution is -2.58. The van der Waals surface area contributed by atoms with Crippen LogP contribution in [-0.2, 0) is 6.54 Å². The first-order chi connectivity index (χ1) is 10.5. The predicted molar refractivity (Wildman–Crippen MR) is 90.2 cm³/mol. The molecule has 1 fully saturated rings. The Labute approximate surface area is 132 Å². The number of rotatable bonds is 4. The largest absolute Gasteiger partial charge is 0.353 e. The summed E-state index contributed by atoms with van der Waals surface area (Å²) in [5.74, 6) is 1.91. The molecule has 0 radical (unpaired) electrons. The Morgan fingerprint density at radius 3 is 2.41 bits per heavy atom. The van der Waals surface area contributed by atoms with Gasteiger partial charge < -0.3 is 4.90 Å². The first kappa shape index (κ1) is 15.0. The fourth-order valence-electron chi connectivity index (χ4n) is 2.89. The van der Waals surface area contributed by atoms with Crippen LogP contribution in [-0.4, -0.2) is 41.0 Å². The predicted octanol–water partition coefficient (Wildman–Crippen LogP) is 2.72. The Balaban J connectivity index is 1.57. The first-order valence-corrected chi connectivity index (χ1v) is 7.84. The van der Waals surface area contributed by atoms with Gasteiger partial charge in [-0.1, -0.05) is 29.8 Å². The Morgan fingerprint density at radius 1 is 1.09 bits per heavy atom. The van der Waals surface area contributed by atoms with Crippen LogP contribution in [0.25, 0.3) is 0 Å². The molecule has 2 heterocycles. The second-order valence-electron chi connectivity index (χ2n) is 6.37. The fraction of sp³-hybridized carbons (Fsp3) is 0.444. The standard InChI is InChI=1S/C18H24N4/c1-13-5-7-16(8-6-13)10-21(4)17-11-22(12-17)18-9-14(2)19-15(3)20-18/h5-9,17H,10-12H2,1-4H3. The number of benzene rings is 1. The summed E-state index contributed by atoms with van der Waals surface area (Å²) in [7, 11) is 2.21. The highest BCUT2D eigenvalue weighted by atomic mass is 15.3. The summed E-state index contributed by atoms with van der Waals surface area (Å²) in [6, 6.07) is 11.5. The van der Waals surface area contributed by atoms with Crippen LogP contribution in [0.3, 0.4) is 0 Å². The van der Waals surface area contributed by atoms with Crippen molar-refractivity contribution in [2.24, 2.45) is 0 Å². The monoisotopic (exact) mass is 296 g/mol. The molecule has 0 aliphatic carbocycles. The van der Waals surface area contributed by atoms with Gasteiger partial charge in [-0.05, 0) is 33.4 Å². The maximum atomic E-state index is 4.54. The average molecular weight is 296 g/mol. The fourth-order valence-corrected chi connectivity index (χ4v) is 2.89. The van der Waals surface area contributed by atoms with E-state index in [1.54, 1.807) is 0 Å². The normalized spacial score (nSPS) is 15.2. The number of anilines is 1. The molecule has 116 valence electrons. The molecule has 1 aliphatic rings. The minimum atomic E-state index is 0.594. The molecule has 1 aliphatic heterocycles. The average Bonchev–Trinajstić information content (AvgIpc) is 2.38. The van der Waals surface area contributed by atoms with E-state index in [1.165, 1.54) is 11.1 Å². The molecule has 3 rings (SSSR count). The Hall–Kier alpha value is -1.94. The van der Waals surface area contributed by atoms with Crippen LogP contribution >= 0.6 is 0 Å². The molecule has 2 aromatic rings. The summed E-state index contributed by atoms with van der Waals surface area (Å²) in [4.78, 5) is 13.6. The van der Waals surface area contributed by atoms with Gasteiger partial charge in [0.1, 0.15) is 11.6 Å². The number of aromatic nitrogens is 2. The molecule has 0 unspecified atom stereocenters. The van der Waals surface area contributed by atoms with Crippen LogP contribution in [0.5, 0.6) is 0 Å². The molecular formula is C18H24N4. The van der Waals surface area contributed by atoms with E-state index >= 15 is 0 Å². The van der Waals surface area contributed by atoms with Gasteiger partial charge >= 0.3 is 0 Å². The molecule has 4 nitrogen and oxygen atoms in total. The third-order valence-corrected chi connectivity index (χ3v) is 4.31. The second kappa shape index (κ2) is 6.05. The van der Waals surface area contributed by atoms with Crippen LogP contribution in [0.1, 0.15) is 22.6 Å². The molecule has 0 saturated carbocycles. The third-order valence-electron chi connectivity index (χ3n) is 4.31. The van der Waals surface area contributed by atoms with Crippen LogP contribution in [0.4, 0.5) is 5.82 Å². The van der Waals surface area contributed by atoms with E-state index in [2.05, 4.69) is 64.1 Å². The molecule has 22 heavy (non-hydrogen) atoms. The van der Waals surface area contributed by atoms with Gasteiger partial charge in [-0.25, -0.2) is 9.97 Å². The first-order valence-electron chi connectivity index (χ1n) is 7.84. The van der Waals surface area contributed by atoms with E-state index in [4.69, 9.17) is 0 Å². The van der Waals surface area contributed by atoms with E-state index in [-0.39, 0.29) is 0 Å². The van der Waals surface area contributed by atoms with Gasteiger partial charge in [0.25, 0.3) is 0 Å². The van der Waals surface area contributed by atoms with Crippen molar-refractivity contribution in [2.45, 2.75) is 33.4 Å². The summed E-state index contributed by atoms with van der Waals surface area (Å²) >= 11 is 0. The molecule has 1 saturated heterocycles. The number of hydrogen-bond donors (Lipinski definition) is 0. The molecular weight excluding hydrogens is 272 g/mol. The van der Waals surface area contributed by atoms with Crippen molar-refractivity contribution in [1.82, 2.24) is 14.9 Å². The van der Waals surface area contributed by atoms with Gasteiger partial charge in [-0.3, -0.25) is 4.90 Å². The van der Waals surface area contributed by atoms with Crippen molar-refractivity contribution in [3.8, 4) is 0 Å². The van der Waals surface area contributed by atoms with Crippen LogP contribution in [0, 0.1) is 20.8 Å². The van der Waals surface area contributed by atoms with Gasteiger partial charge in [0, 0.05) is 37.4 Å². The van der Waals surface area contributed by atoms with Gasteiger partial charge in [0.05, 0.1) is 0 Å². The maximum absolute atomic E-state index is 4.54. The second-order valence-corrected chi connectivity index (χ2v) is 6.37. The van der Waals surface area contributed by atoms with E-state index in [9.17, 15) is 0 Å².